The number of thiophene rings is 1. The molecule has 6 nitrogen and oxygen atoms in total. The number of hydrogen-bond donors (Lipinski definition) is 0. The van der Waals surface area contributed by atoms with Crippen LogP contribution < -0.4 is 0 Å². The molecule has 138 valence electrons. The van der Waals surface area contributed by atoms with Gasteiger partial charge in [0.05, 0.1) is 28.0 Å². The number of rotatable bonds is 3. The molecule has 2 fully saturated rings. The van der Waals surface area contributed by atoms with E-state index in [1.54, 1.807) is 22.2 Å². The Bertz CT molecular complexity index is 1010. The largest absolute Gasteiger partial charge is 0.335 e. The lowest BCUT2D eigenvalue weighted by Gasteiger charge is -2.26. The number of aryl methyl sites for hydroxylation is 1. The monoisotopic (exact) mass is 379 g/mol. The molecule has 2 atom stereocenters. The molecule has 1 amide bonds. The van der Waals surface area contributed by atoms with E-state index in [0.29, 0.717) is 23.5 Å². The molecule has 2 aliphatic rings. The molecule has 1 saturated heterocycles. The number of carbonyl (C=O) groups excluding carboxylic acids is 1. The molecule has 4 heterocycles. The van der Waals surface area contributed by atoms with Crippen molar-refractivity contribution in [1.29, 1.82) is 0 Å². The Morgan fingerprint density at radius 2 is 2.15 bits per heavy atom. The molecule has 0 unspecified atom stereocenters. The minimum atomic E-state index is 0.0940. The highest BCUT2D eigenvalue weighted by Gasteiger charge is 2.41. The first-order chi connectivity index (χ1) is 13.1. The Kier molecular flexibility index (Phi) is 3.86. The molecule has 0 spiro atoms. The molecular weight excluding hydrogens is 358 g/mol. The Labute approximate surface area is 161 Å². The van der Waals surface area contributed by atoms with Crippen molar-refractivity contribution in [1.82, 2.24) is 24.6 Å². The number of aromatic nitrogens is 4. The highest BCUT2D eigenvalue weighted by molar-refractivity contribution is 7.13. The van der Waals surface area contributed by atoms with Gasteiger partial charge in [0.25, 0.3) is 11.9 Å². The number of nitrogens with zero attached hydrogens (tertiary/aromatic N) is 5. The topological polar surface area (TPSA) is 63.9 Å². The molecule has 1 aliphatic heterocycles. The quantitative estimate of drug-likeness (QED) is 0.697. The normalized spacial score (nSPS) is 21.2. The van der Waals surface area contributed by atoms with Crippen LogP contribution in [-0.4, -0.2) is 43.1 Å². The maximum atomic E-state index is 13.0. The summed E-state index contributed by atoms with van der Waals surface area (Å²) in [6, 6.07) is 4.48. The third-order valence-electron chi connectivity index (χ3n) is 5.81. The summed E-state index contributed by atoms with van der Waals surface area (Å²) in [7, 11) is 0. The molecule has 27 heavy (non-hydrogen) atoms. The van der Waals surface area contributed by atoms with Crippen LogP contribution >= 0.6 is 11.3 Å². The van der Waals surface area contributed by atoms with Gasteiger partial charge in [-0.05, 0) is 56.0 Å². The SMILES string of the molecule is Cc1cnc(-n2ncc(C(=O)N3C[C@@H]4CC[C@H]3C4)c2C)nc1-c1cccs1. The Morgan fingerprint density at radius 1 is 1.26 bits per heavy atom. The molecule has 7 heteroatoms. The molecule has 3 aromatic heterocycles. The van der Waals surface area contributed by atoms with Crippen molar-refractivity contribution in [3.8, 4) is 16.5 Å². The summed E-state index contributed by atoms with van der Waals surface area (Å²) in [5.41, 5.74) is 3.39. The number of carbonyl (C=O) groups is 1. The van der Waals surface area contributed by atoms with Crippen molar-refractivity contribution in [2.45, 2.75) is 39.2 Å². The van der Waals surface area contributed by atoms with Gasteiger partial charge in [-0.2, -0.15) is 5.10 Å². The standard InChI is InChI=1S/C20H21N5OS/c1-12-9-21-20(23-18(12)17-4-3-7-27-17)25-13(2)16(10-22-25)19(26)24-11-14-5-6-15(24)8-14/h3-4,7,9-10,14-15H,5-6,8,11H2,1-2H3/t14-,15+/m1/s1. The van der Waals surface area contributed by atoms with Gasteiger partial charge in [0.2, 0.25) is 0 Å². The summed E-state index contributed by atoms with van der Waals surface area (Å²) in [5.74, 6) is 1.28. The molecule has 3 aromatic rings. The molecule has 0 N–H and O–H groups in total. The zero-order valence-electron chi connectivity index (χ0n) is 15.4. The van der Waals surface area contributed by atoms with E-state index in [0.717, 1.165) is 41.2 Å². The number of hydrogen-bond acceptors (Lipinski definition) is 5. The van der Waals surface area contributed by atoms with E-state index >= 15 is 0 Å². The van der Waals surface area contributed by atoms with Crippen LogP contribution in [0, 0.1) is 19.8 Å². The average molecular weight is 379 g/mol. The van der Waals surface area contributed by atoms with Crippen LogP contribution in [0.3, 0.4) is 0 Å². The van der Waals surface area contributed by atoms with Crippen molar-refractivity contribution < 1.29 is 4.79 Å². The lowest BCUT2D eigenvalue weighted by Crippen LogP contribution is -2.37. The van der Waals surface area contributed by atoms with E-state index < -0.39 is 0 Å². The second kappa shape index (κ2) is 6.27. The van der Waals surface area contributed by atoms with E-state index in [4.69, 9.17) is 4.98 Å². The van der Waals surface area contributed by atoms with E-state index in [1.165, 1.54) is 6.42 Å². The van der Waals surface area contributed by atoms with Crippen LogP contribution in [0.5, 0.6) is 0 Å². The number of amides is 1. The Hall–Kier alpha value is -2.54. The van der Waals surface area contributed by atoms with Gasteiger partial charge >= 0.3 is 0 Å². The van der Waals surface area contributed by atoms with Gasteiger partial charge in [0.1, 0.15) is 0 Å². The van der Waals surface area contributed by atoms with Crippen molar-refractivity contribution in [3.05, 3.63) is 46.7 Å². The first-order valence-electron chi connectivity index (χ1n) is 9.35. The predicted octanol–water partition coefficient (Wildman–Crippen LogP) is 3.63. The summed E-state index contributed by atoms with van der Waals surface area (Å²) >= 11 is 1.65. The third kappa shape index (κ3) is 2.68. The maximum absolute atomic E-state index is 13.0. The number of piperidine rings is 1. The minimum absolute atomic E-state index is 0.0940. The number of likely N-dealkylation sites (tertiary alicyclic amines) is 1. The molecule has 0 aromatic carbocycles. The van der Waals surface area contributed by atoms with Crippen molar-refractivity contribution in [2.75, 3.05) is 6.54 Å². The molecule has 5 rings (SSSR count). The van der Waals surface area contributed by atoms with Gasteiger partial charge in [0, 0.05) is 18.8 Å². The van der Waals surface area contributed by atoms with Crippen LogP contribution in [0.2, 0.25) is 0 Å². The van der Waals surface area contributed by atoms with Gasteiger partial charge in [-0.25, -0.2) is 14.6 Å². The average Bonchev–Trinajstić information content (AvgIpc) is 3.46. The first kappa shape index (κ1) is 16.6. The summed E-state index contributed by atoms with van der Waals surface area (Å²) in [5, 5.41) is 6.48. The summed E-state index contributed by atoms with van der Waals surface area (Å²) in [6.07, 6.45) is 7.03. The molecule has 0 radical (unpaired) electrons. The molecule has 1 aliphatic carbocycles. The summed E-state index contributed by atoms with van der Waals surface area (Å²) < 4.78 is 1.68. The summed E-state index contributed by atoms with van der Waals surface area (Å²) in [6.45, 7) is 4.81. The van der Waals surface area contributed by atoms with Crippen LogP contribution in [0.4, 0.5) is 0 Å². The van der Waals surface area contributed by atoms with Crippen LogP contribution in [0.15, 0.2) is 29.9 Å². The zero-order valence-corrected chi connectivity index (χ0v) is 16.2. The zero-order chi connectivity index (χ0) is 18.5. The van der Waals surface area contributed by atoms with Crippen molar-refractivity contribution >= 4 is 17.2 Å². The fourth-order valence-corrected chi connectivity index (χ4v) is 5.13. The van der Waals surface area contributed by atoms with E-state index in [1.807, 2.05) is 36.4 Å². The molecular formula is C20H21N5OS. The van der Waals surface area contributed by atoms with Gasteiger partial charge in [-0.15, -0.1) is 11.3 Å². The third-order valence-corrected chi connectivity index (χ3v) is 6.69. The summed E-state index contributed by atoms with van der Waals surface area (Å²) in [4.78, 5) is 25.4. The minimum Gasteiger partial charge on any atom is -0.335 e. The highest BCUT2D eigenvalue weighted by atomic mass is 32.1. The van der Waals surface area contributed by atoms with Crippen LogP contribution in [-0.2, 0) is 0 Å². The second-order valence-corrected chi connectivity index (χ2v) is 8.47. The van der Waals surface area contributed by atoms with Gasteiger partial charge in [-0.3, -0.25) is 4.79 Å². The molecule has 1 saturated carbocycles. The van der Waals surface area contributed by atoms with E-state index in [2.05, 4.69) is 16.1 Å². The maximum Gasteiger partial charge on any atom is 0.257 e. The smallest absolute Gasteiger partial charge is 0.257 e. The van der Waals surface area contributed by atoms with Crippen LogP contribution in [0.25, 0.3) is 16.5 Å². The Balaban J connectivity index is 1.49. The van der Waals surface area contributed by atoms with Gasteiger partial charge in [-0.1, -0.05) is 6.07 Å². The lowest BCUT2D eigenvalue weighted by atomic mass is 10.1. The van der Waals surface area contributed by atoms with Crippen LogP contribution in [0.1, 0.15) is 40.9 Å². The molecule has 2 bridgehead atoms. The predicted molar refractivity (Wildman–Crippen MR) is 104 cm³/mol. The fraction of sp³-hybridized carbons (Fsp3) is 0.400. The van der Waals surface area contributed by atoms with E-state index in [-0.39, 0.29) is 5.91 Å². The van der Waals surface area contributed by atoms with Gasteiger partial charge < -0.3 is 4.90 Å². The van der Waals surface area contributed by atoms with Crippen molar-refractivity contribution in [3.63, 3.8) is 0 Å². The first-order valence-corrected chi connectivity index (χ1v) is 10.2. The number of fused-ring (bicyclic) bond motifs is 2. The second-order valence-electron chi connectivity index (χ2n) is 7.52. The Morgan fingerprint density at radius 3 is 2.85 bits per heavy atom. The van der Waals surface area contributed by atoms with Gasteiger partial charge in [0.15, 0.2) is 0 Å². The van der Waals surface area contributed by atoms with Crippen molar-refractivity contribution in [2.24, 2.45) is 5.92 Å². The lowest BCUT2D eigenvalue weighted by molar-refractivity contribution is 0.0703. The highest BCUT2D eigenvalue weighted by Crippen LogP contribution is 2.38. The van der Waals surface area contributed by atoms with E-state index in [9.17, 15) is 4.79 Å². The fourth-order valence-electron chi connectivity index (χ4n) is 4.35.